The topological polar surface area (TPSA) is 41.1 Å². The quantitative estimate of drug-likeness (QED) is 0.793. The molecule has 1 rings (SSSR count). The molecule has 0 saturated carbocycles. The van der Waals surface area contributed by atoms with Crippen molar-refractivity contribution >= 4 is 23.4 Å². The molecule has 1 amide bonds. The van der Waals surface area contributed by atoms with Gasteiger partial charge in [-0.25, -0.2) is 0 Å². The first-order chi connectivity index (χ1) is 9.28. The first-order valence-electron chi connectivity index (χ1n) is 6.11. The third kappa shape index (κ3) is 6.70. The lowest BCUT2D eigenvalue weighted by atomic mass is 10.3. The number of para-hydroxylation sites is 1. The van der Waals surface area contributed by atoms with E-state index in [-0.39, 0.29) is 6.54 Å². The molecule has 0 spiro atoms. The predicted molar refractivity (Wildman–Crippen MR) is 75.0 cm³/mol. The zero-order chi connectivity index (χ0) is 15.2. The zero-order valence-electron chi connectivity index (χ0n) is 11.3. The largest absolute Gasteiger partial charge is 0.405 e. The monoisotopic (exact) mass is 306 g/mol. The van der Waals surface area contributed by atoms with E-state index in [0.717, 1.165) is 10.6 Å². The number of benzene rings is 1. The molecule has 0 heterocycles. The van der Waals surface area contributed by atoms with Crippen molar-refractivity contribution < 1.29 is 18.0 Å². The minimum Gasteiger partial charge on any atom is -0.375 e. The summed E-state index contributed by atoms with van der Waals surface area (Å²) in [5, 5.41) is 5.05. The van der Waals surface area contributed by atoms with Crippen LogP contribution in [0.1, 0.15) is 13.8 Å². The summed E-state index contributed by atoms with van der Waals surface area (Å²) < 4.78 is 35.8. The van der Waals surface area contributed by atoms with Gasteiger partial charge in [0, 0.05) is 15.8 Å². The number of rotatable bonds is 6. The number of hydrogen-bond donors (Lipinski definition) is 2. The van der Waals surface area contributed by atoms with Crippen LogP contribution in [-0.2, 0) is 4.79 Å². The molecule has 0 unspecified atom stereocenters. The van der Waals surface area contributed by atoms with Crippen LogP contribution in [0.2, 0.25) is 0 Å². The maximum atomic E-state index is 11.9. The molecular formula is C13H17F3N2OS. The number of nitrogens with one attached hydrogen (secondary N) is 2. The number of thioether (sulfide) groups is 1. The molecule has 0 aliphatic carbocycles. The van der Waals surface area contributed by atoms with Gasteiger partial charge < -0.3 is 10.6 Å². The number of hydrogen-bond acceptors (Lipinski definition) is 3. The van der Waals surface area contributed by atoms with E-state index in [1.54, 1.807) is 23.9 Å². The lowest BCUT2D eigenvalue weighted by Gasteiger charge is -2.13. The number of anilines is 1. The summed E-state index contributed by atoms with van der Waals surface area (Å²) in [6.07, 6.45) is -4.39. The molecular weight excluding hydrogens is 289 g/mol. The van der Waals surface area contributed by atoms with Gasteiger partial charge in [-0.05, 0) is 12.1 Å². The van der Waals surface area contributed by atoms with Crippen LogP contribution in [0.25, 0.3) is 0 Å². The van der Waals surface area contributed by atoms with Crippen molar-refractivity contribution in [3.63, 3.8) is 0 Å². The second kappa shape index (κ2) is 7.42. The zero-order valence-corrected chi connectivity index (χ0v) is 12.1. The molecule has 0 saturated heterocycles. The minimum absolute atomic E-state index is 0.189. The summed E-state index contributed by atoms with van der Waals surface area (Å²) in [6, 6.07) is 7.38. The van der Waals surface area contributed by atoms with Crippen LogP contribution in [0.5, 0.6) is 0 Å². The van der Waals surface area contributed by atoms with Crippen LogP contribution in [0.3, 0.4) is 0 Å². The Bertz CT molecular complexity index is 449. The van der Waals surface area contributed by atoms with Crippen LogP contribution < -0.4 is 10.6 Å². The molecule has 1 aromatic carbocycles. The van der Waals surface area contributed by atoms with Gasteiger partial charge in [0.05, 0.1) is 6.54 Å². The van der Waals surface area contributed by atoms with Gasteiger partial charge in [-0.3, -0.25) is 4.79 Å². The molecule has 7 heteroatoms. The molecule has 0 aliphatic heterocycles. The Morgan fingerprint density at radius 3 is 2.55 bits per heavy atom. The summed E-state index contributed by atoms with van der Waals surface area (Å²) in [6.45, 7) is 2.58. The molecule has 0 aliphatic rings. The van der Waals surface area contributed by atoms with Crippen molar-refractivity contribution in [3.05, 3.63) is 24.3 Å². The average Bonchev–Trinajstić information content (AvgIpc) is 2.34. The van der Waals surface area contributed by atoms with Gasteiger partial charge in [0.1, 0.15) is 6.54 Å². The van der Waals surface area contributed by atoms with Crippen molar-refractivity contribution in [2.45, 2.75) is 30.2 Å². The number of alkyl halides is 3. The van der Waals surface area contributed by atoms with E-state index in [1.165, 1.54) is 0 Å². The average molecular weight is 306 g/mol. The Morgan fingerprint density at radius 1 is 1.30 bits per heavy atom. The standard InChI is InChI=1S/C13H17F3N2OS/c1-9(2)20-11-6-4-3-5-10(11)17-7-12(19)18-8-13(14,15)16/h3-6,9,17H,7-8H2,1-2H3,(H,18,19). The number of carbonyl (C=O) groups excluding carboxylic acids is 1. The SMILES string of the molecule is CC(C)Sc1ccccc1NCC(=O)NCC(F)(F)F. The van der Waals surface area contributed by atoms with Gasteiger partial charge in [0.25, 0.3) is 0 Å². The van der Waals surface area contributed by atoms with Crippen molar-refractivity contribution in [1.82, 2.24) is 5.32 Å². The second-order valence-electron chi connectivity index (χ2n) is 4.41. The lowest BCUT2D eigenvalue weighted by molar-refractivity contribution is -0.137. The van der Waals surface area contributed by atoms with E-state index in [0.29, 0.717) is 5.25 Å². The van der Waals surface area contributed by atoms with Gasteiger partial charge in [0.2, 0.25) is 5.91 Å². The molecule has 0 bridgehead atoms. The van der Waals surface area contributed by atoms with Crippen molar-refractivity contribution in [3.8, 4) is 0 Å². The highest BCUT2D eigenvalue weighted by atomic mass is 32.2. The summed E-state index contributed by atoms with van der Waals surface area (Å²) in [5.74, 6) is -0.688. The summed E-state index contributed by atoms with van der Waals surface area (Å²) in [4.78, 5) is 12.3. The van der Waals surface area contributed by atoms with Crippen molar-refractivity contribution in [2.75, 3.05) is 18.4 Å². The fourth-order valence-corrected chi connectivity index (χ4v) is 2.34. The summed E-state index contributed by atoms with van der Waals surface area (Å²) in [5.41, 5.74) is 0.744. The number of carbonyl (C=O) groups is 1. The van der Waals surface area contributed by atoms with Gasteiger partial charge in [0.15, 0.2) is 0 Å². The highest BCUT2D eigenvalue weighted by Gasteiger charge is 2.27. The Balaban J connectivity index is 2.51. The van der Waals surface area contributed by atoms with E-state index in [4.69, 9.17) is 0 Å². The smallest absolute Gasteiger partial charge is 0.375 e. The van der Waals surface area contributed by atoms with Gasteiger partial charge in [-0.1, -0.05) is 26.0 Å². The Labute approximate surface area is 120 Å². The van der Waals surface area contributed by atoms with Crippen molar-refractivity contribution in [2.24, 2.45) is 0 Å². The Morgan fingerprint density at radius 2 is 1.95 bits per heavy atom. The fraction of sp³-hybridized carbons (Fsp3) is 0.462. The highest BCUT2D eigenvalue weighted by Crippen LogP contribution is 2.29. The Hall–Kier alpha value is -1.37. The van der Waals surface area contributed by atoms with Crippen LogP contribution >= 0.6 is 11.8 Å². The highest BCUT2D eigenvalue weighted by molar-refractivity contribution is 8.00. The molecule has 3 nitrogen and oxygen atoms in total. The molecule has 1 aromatic rings. The van der Waals surface area contributed by atoms with Crippen LogP contribution in [-0.4, -0.2) is 30.4 Å². The van der Waals surface area contributed by atoms with Gasteiger partial charge >= 0.3 is 6.18 Å². The molecule has 0 radical (unpaired) electrons. The van der Waals surface area contributed by atoms with E-state index in [2.05, 4.69) is 5.32 Å². The van der Waals surface area contributed by atoms with Crippen LogP contribution in [0, 0.1) is 0 Å². The minimum atomic E-state index is -4.39. The normalized spacial score (nSPS) is 11.5. The second-order valence-corrected chi connectivity index (χ2v) is 6.03. The van der Waals surface area contributed by atoms with E-state index >= 15 is 0 Å². The first-order valence-corrected chi connectivity index (χ1v) is 6.99. The van der Waals surface area contributed by atoms with Gasteiger partial charge in [-0.2, -0.15) is 13.2 Å². The maximum Gasteiger partial charge on any atom is 0.405 e. The Kier molecular flexibility index (Phi) is 6.19. The molecule has 0 fully saturated rings. The first kappa shape index (κ1) is 16.7. The number of halogens is 3. The fourth-order valence-electron chi connectivity index (χ4n) is 1.41. The molecule has 0 aromatic heterocycles. The third-order valence-corrected chi connectivity index (χ3v) is 3.26. The molecule has 2 N–H and O–H groups in total. The van der Waals surface area contributed by atoms with Crippen LogP contribution in [0.15, 0.2) is 29.2 Å². The molecule has 112 valence electrons. The maximum absolute atomic E-state index is 11.9. The van der Waals surface area contributed by atoms with E-state index in [9.17, 15) is 18.0 Å². The molecule has 0 atom stereocenters. The third-order valence-electron chi connectivity index (χ3n) is 2.18. The summed E-state index contributed by atoms with van der Waals surface area (Å²) in [7, 11) is 0. The number of amides is 1. The lowest BCUT2D eigenvalue weighted by Crippen LogP contribution is -2.37. The van der Waals surface area contributed by atoms with E-state index in [1.807, 2.05) is 31.3 Å². The van der Waals surface area contributed by atoms with Crippen LogP contribution in [0.4, 0.5) is 18.9 Å². The predicted octanol–water partition coefficient (Wildman–Crippen LogP) is 3.28. The van der Waals surface area contributed by atoms with Crippen molar-refractivity contribution in [1.29, 1.82) is 0 Å². The van der Waals surface area contributed by atoms with Gasteiger partial charge in [-0.15, -0.1) is 11.8 Å². The summed E-state index contributed by atoms with van der Waals surface area (Å²) >= 11 is 1.62. The van der Waals surface area contributed by atoms with E-state index < -0.39 is 18.6 Å². The molecule has 20 heavy (non-hydrogen) atoms.